The molecule has 0 spiro atoms. The number of piperidine rings is 1. The first-order chi connectivity index (χ1) is 17.9. The van der Waals surface area contributed by atoms with Gasteiger partial charge in [-0.1, -0.05) is 48.5 Å². The monoisotopic (exact) mass is 503 g/mol. The summed E-state index contributed by atoms with van der Waals surface area (Å²) in [4.78, 5) is 39.8. The number of carbonyl (C=O) groups excluding carboxylic acids is 3. The van der Waals surface area contributed by atoms with Gasteiger partial charge in [-0.15, -0.1) is 0 Å². The summed E-state index contributed by atoms with van der Waals surface area (Å²) in [6.45, 7) is 1.71. The fraction of sp³-hybridized carbons (Fsp3) is 0.276. The summed E-state index contributed by atoms with van der Waals surface area (Å²) >= 11 is 0. The van der Waals surface area contributed by atoms with Gasteiger partial charge in [0.2, 0.25) is 5.91 Å². The van der Waals surface area contributed by atoms with Crippen LogP contribution in [0.25, 0.3) is 0 Å². The molecule has 2 N–H and O–H groups in total. The number of hydrogen-bond acceptors (Lipinski definition) is 5. The summed E-state index contributed by atoms with van der Waals surface area (Å²) in [6, 6.07) is 23.8. The van der Waals surface area contributed by atoms with Gasteiger partial charge < -0.3 is 15.4 Å². The number of nitrogens with zero attached hydrogens (tertiary/aromatic N) is 1. The number of hydrogen-bond donors (Lipinski definition) is 2. The first-order valence-corrected chi connectivity index (χ1v) is 12.3. The Bertz CT molecular complexity index is 1210. The molecule has 7 nitrogen and oxygen atoms in total. The molecule has 4 rings (SSSR count). The highest BCUT2D eigenvalue weighted by Gasteiger charge is 2.37. The van der Waals surface area contributed by atoms with E-state index in [4.69, 9.17) is 4.74 Å². The van der Waals surface area contributed by atoms with Crippen LogP contribution < -0.4 is 10.6 Å². The molecule has 1 aliphatic heterocycles. The van der Waals surface area contributed by atoms with Crippen molar-refractivity contribution in [3.05, 3.63) is 102 Å². The molecule has 0 atom stereocenters. The van der Waals surface area contributed by atoms with Crippen molar-refractivity contribution in [2.45, 2.75) is 12.8 Å². The summed E-state index contributed by atoms with van der Waals surface area (Å²) in [6.07, 6.45) is 1.18. The third-order valence-electron chi connectivity index (χ3n) is 6.60. The topological polar surface area (TPSA) is 87.7 Å². The number of amides is 2. The number of para-hydroxylation sites is 1. The van der Waals surface area contributed by atoms with E-state index in [1.807, 2.05) is 41.3 Å². The van der Waals surface area contributed by atoms with Gasteiger partial charge >= 0.3 is 5.97 Å². The Morgan fingerprint density at radius 2 is 1.49 bits per heavy atom. The molecule has 8 heteroatoms. The van der Waals surface area contributed by atoms with Gasteiger partial charge in [-0.05, 0) is 62.3 Å². The number of likely N-dealkylation sites (tertiary alicyclic amines) is 1. The van der Waals surface area contributed by atoms with Gasteiger partial charge in [0.1, 0.15) is 5.82 Å². The molecule has 3 aromatic carbocycles. The van der Waals surface area contributed by atoms with Crippen LogP contribution >= 0.6 is 0 Å². The van der Waals surface area contributed by atoms with E-state index in [0.29, 0.717) is 31.5 Å². The van der Waals surface area contributed by atoms with E-state index in [2.05, 4.69) is 10.6 Å². The molecular formula is C29H30FN3O4. The summed E-state index contributed by atoms with van der Waals surface area (Å²) in [5.41, 5.74) is 0.608. The van der Waals surface area contributed by atoms with Crippen molar-refractivity contribution in [2.75, 3.05) is 38.1 Å². The van der Waals surface area contributed by atoms with Gasteiger partial charge in [-0.2, -0.15) is 0 Å². The molecular weight excluding hydrogens is 473 g/mol. The van der Waals surface area contributed by atoms with Gasteiger partial charge in [-0.25, -0.2) is 9.18 Å². The fourth-order valence-corrected chi connectivity index (χ4v) is 4.37. The van der Waals surface area contributed by atoms with Crippen molar-refractivity contribution in [3.63, 3.8) is 0 Å². The van der Waals surface area contributed by atoms with Crippen LogP contribution in [0.4, 0.5) is 10.1 Å². The van der Waals surface area contributed by atoms with E-state index in [9.17, 15) is 18.8 Å². The fourth-order valence-electron chi connectivity index (χ4n) is 4.37. The van der Waals surface area contributed by atoms with Crippen LogP contribution in [0.5, 0.6) is 0 Å². The van der Waals surface area contributed by atoms with E-state index < -0.39 is 23.1 Å². The standard InChI is InChI=1S/C29H30FN3O4/c30-25-14-8-7-13-24(25)27(35)31-20-29(21-37-28(36)22-9-3-1-4-10-22)15-17-33(18-16-29)19-26(34)32-23-11-5-2-6-12-23/h1-14H,15-21H2,(H,31,35)(H,32,34). The van der Waals surface area contributed by atoms with E-state index in [-0.39, 0.29) is 31.2 Å². The maximum Gasteiger partial charge on any atom is 0.338 e. The van der Waals surface area contributed by atoms with Crippen molar-refractivity contribution < 1.29 is 23.5 Å². The molecule has 0 bridgehead atoms. The van der Waals surface area contributed by atoms with Crippen molar-refractivity contribution in [1.29, 1.82) is 0 Å². The number of carbonyl (C=O) groups is 3. The minimum Gasteiger partial charge on any atom is -0.461 e. The van der Waals surface area contributed by atoms with E-state index in [0.717, 1.165) is 5.69 Å². The molecule has 1 aliphatic rings. The molecule has 1 saturated heterocycles. The summed E-state index contributed by atoms with van der Waals surface area (Å²) < 4.78 is 19.8. The van der Waals surface area contributed by atoms with Crippen LogP contribution in [0.15, 0.2) is 84.9 Å². The van der Waals surface area contributed by atoms with Gasteiger partial charge in [0.05, 0.1) is 24.3 Å². The molecule has 0 radical (unpaired) electrons. The van der Waals surface area contributed by atoms with Gasteiger partial charge in [-0.3, -0.25) is 14.5 Å². The number of rotatable bonds is 9. The number of anilines is 1. The third-order valence-corrected chi connectivity index (χ3v) is 6.60. The maximum absolute atomic E-state index is 14.1. The number of benzene rings is 3. The Morgan fingerprint density at radius 1 is 0.865 bits per heavy atom. The molecule has 0 unspecified atom stereocenters. The smallest absolute Gasteiger partial charge is 0.338 e. The Hall–Kier alpha value is -4.04. The zero-order valence-corrected chi connectivity index (χ0v) is 20.5. The lowest BCUT2D eigenvalue weighted by Gasteiger charge is -2.41. The predicted octanol–water partition coefficient (Wildman–Crippen LogP) is 4.13. The highest BCUT2D eigenvalue weighted by atomic mass is 19.1. The average molecular weight is 504 g/mol. The Balaban J connectivity index is 1.38. The maximum atomic E-state index is 14.1. The van der Waals surface area contributed by atoms with E-state index in [1.165, 1.54) is 18.2 Å². The molecule has 0 aromatic heterocycles. The van der Waals surface area contributed by atoms with Crippen molar-refractivity contribution in [1.82, 2.24) is 10.2 Å². The minimum atomic E-state index is -0.594. The van der Waals surface area contributed by atoms with Gasteiger partial charge in [0.25, 0.3) is 5.91 Å². The molecule has 0 saturated carbocycles. The SMILES string of the molecule is O=C(CN1CCC(CNC(=O)c2ccccc2F)(COC(=O)c2ccccc2)CC1)Nc1ccccc1. The molecule has 192 valence electrons. The van der Waals surface area contributed by atoms with Gasteiger partial charge in [0, 0.05) is 17.6 Å². The highest BCUT2D eigenvalue weighted by Crippen LogP contribution is 2.32. The van der Waals surface area contributed by atoms with Gasteiger partial charge in [0.15, 0.2) is 0 Å². The molecule has 0 aliphatic carbocycles. The third kappa shape index (κ3) is 7.24. The van der Waals surface area contributed by atoms with Crippen molar-refractivity contribution in [3.8, 4) is 0 Å². The quantitative estimate of drug-likeness (QED) is 0.429. The van der Waals surface area contributed by atoms with Crippen molar-refractivity contribution in [2.24, 2.45) is 5.41 Å². The highest BCUT2D eigenvalue weighted by molar-refractivity contribution is 5.94. The number of esters is 1. The van der Waals surface area contributed by atoms with E-state index in [1.54, 1.807) is 30.3 Å². The van der Waals surface area contributed by atoms with Crippen LogP contribution in [0, 0.1) is 11.2 Å². The normalized spacial score (nSPS) is 14.9. The Kier molecular flexibility index (Phi) is 8.64. The zero-order valence-electron chi connectivity index (χ0n) is 20.5. The van der Waals surface area contributed by atoms with Crippen molar-refractivity contribution >= 4 is 23.5 Å². The lowest BCUT2D eigenvalue weighted by Crippen LogP contribution is -2.50. The minimum absolute atomic E-state index is 0.0334. The molecule has 37 heavy (non-hydrogen) atoms. The van der Waals surface area contributed by atoms with Crippen LogP contribution in [0.2, 0.25) is 0 Å². The number of halogens is 1. The Morgan fingerprint density at radius 3 is 2.16 bits per heavy atom. The summed E-state index contributed by atoms with van der Waals surface area (Å²) in [7, 11) is 0. The first-order valence-electron chi connectivity index (χ1n) is 12.3. The first kappa shape index (κ1) is 26.0. The number of ether oxygens (including phenoxy) is 1. The predicted molar refractivity (Wildman–Crippen MR) is 139 cm³/mol. The summed E-state index contributed by atoms with van der Waals surface area (Å²) in [5.74, 6) is -1.66. The second-order valence-electron chi connectivity index (χ2n) is 9.30. The molecule has 1 fully saturated rings. The van der Waals surface area contributed by atoms with Crippen LogP contribution in [0.3, 0.4) is 0 Å². The largest absolute Gasteiger partial charge is 0.461 e. The van der Waals surface area contributed by atoms with Crippen LogP contribution in [-0.2, 0) is 9.53 Å². The summed E-state index contributed by atoms with van der Waals surface area (Å²) in [5, 5.41) is 5.72. The lowest BCUT2D eigenvalue weighted by atomic mass is 9.78. The average Bonchev–Trinajstić information content (AvgIpc) is 2.93. The van der Waals surface area contributed by atoms with E-state index >= 15 is 0 Å². The second kappa shape index (κ2) is 12.3. The van der Waals surface area contributed by atoms with Crippen LogP contribution in [-0.4, -0.2) is 55.5 Å². The number of nitrogens with one attached hydrogen (secondary N) is 2. The Labute approximate surface area is 215 Å². The molecule has 3 aromatic rings. The zero-order chi connectivity index (χ0) is 26.1. The second-order valence-corrected chi connectivity index (χ2v) is 9.30. The molecule has 2 amide bonds. The lowest BCUT2D eigenvalue weighted by molar-refractivity contribution is -0.118. The van der Waals surface area contributed by atoms with Crippen LogP contribution in [0.1, 0.15) is 33.6 Å². The molecule has 1 heterocycles.